The number of nitrogens with zero attached hydrogens (tertiary/aromatic N) is 1. The lowest BCUT2D eigenvalue weighted by Crippen LogP contribution is -2.36. The summed E-state index contributed by atoms with van der Waals surface area (Å²) in [4.78, 5) is 13.4. The molecule has 0 heterocycles. The minimum absolute atomic E-state index is 0.0627. The molecule has 0 aliphatic carbocycles. The molecule has 0 aliphatic heterocycles. The van der Waals surface area contributed by atoms with Gasteiger partial charge in [0.2, 0.25) is 5.91 Å². The first-order chi connectivity index (χ1) is 9.49. The van der Waals surface area contributed by atoms with Gasteiger partial charge in [0, 0.05) is 6.54 Å². The van der Waals surface area contributed by atoms with Crippen molar-refractivity contribution in [3.63, 3.8) is 0 Å². The normalized spacial score (nSPS) is 10.9. The summed E-state index contributed by atoms with van der Waals surface area (Å²) in [6, 6.07) is 1.70. The highest BCUT2D eigenvalue weighted by atomic mass is 19.2. The van der Waals surface area contributed by atoms with E-state index >= 15 is 0 Å². The highest BCUT2D eigenvalue weighted by Crippen LogP contribution is 2.19. The monoisotopic (exact) mass is 290 g/mol. The minimum atomic E-state index is -1.62. The van der Waals surface area contributed by atoms with Crippen molar-refractivity contribution in [3.8, 4) is 0 Å². The van der Waals surface area contributed by atoms with Crippen LogP contribution in [0.2, 0.25) is 0 Å². The summed E-state index contributed by atoms with van der Waals surface area (Å²) in [7, 11) is 0. The molecule has 0 fully saturated rings. The molecular weight excluding hydrogens is 273 g/mol. The fraction of sp³-hybridized carbons (Fsp3) is 0.462. The molecule has 7 heteroatoms. The van der Waals surface area contributed by atoms with Crippen molar-refractivity contribution in [2.45, 2.75) is 13.3 Å². The Kier molecular flexibility index (Phi) is 6.47. The molecular formula is C13H17F3N2O2. The molecule has 0 radical (unpaired) electrons. The van der Waals surface area contributed by atoms with E-state index < -0.39 is 29.0 Å². The number of hydrogen-bond acceptors (Lipinski definition) is 3. The van der Waals surface area contributed by atoms with Crippen LogP contribution in [0.15, 0.2) is 12.1 Å². The van der Waals surface area contributed by atoms with E-state index in [1.807, 2.05) is 6.92 Å². The second-order valence-corrected chi connectivity index (χ2v) is 4.27. The van der Waals surface area contributed by atoms with E-state index in [9.17, 15) is 18.0 Å². The van der Waals surface area contributed by atoms with Crippen LogP contribution in [0.4, 0.5) is 18.9 Å². The van der Waals surface area contributed by atoms with Crippen molar-refractivity contribution in [3.05, 3.63) is 29.6 Å². The summed E-state index contributed by atoms with van der Waals surface area (Å²) in [6.45, 7) is 2.65. The molecule has 0 saturated carbocycles. The maximum absolute atomic E-state index is 13.4. The zero-order chi connectivity index (χ0) is 15.1. The zero-order valence-electron chi connectivity index (χ0n) is 11.1. The Morgan fingerprint density at radius 1 is 1.25 bits per heavy atom. The molecule has 0 aliphatic rings. The minimum Gasteiger partial charge on any atom is -0.395 e. The molecule has 0 bridgehead atoms. The van der Waals surface area contributed by atoms with Gasteiger partial charge in [-0.25, -0.2) is 13.2 Å². The van der Waals surface area contributed by atoms with Crippen LogP contribution in [-0.4, -0.2) is 42.2 Å². The summed E-state index contributed by atoms with van der Waals surface area (Å²) in [5.41, 5.74) is -0.408. The van der Waals surface area contributed by atoms with Crippen molar-refractivity contribution in [2.24, 2.45) is 0 Å². The van der Waals surface area contributed by atoms with Gasteiger partial charge in [0.1, 0.15) is 0 Å². The number of amides is 1. The first-order valence-electron chi connectivity index (χ1n) is 6.26. The first kappa shape index (κ1) is 16.5. The number of aliphatic hydroxyl groups excluding tert-OH is 1. The Bertz CT molecular complexity index is 463. The molecule has 1 rings (SSSR count). The number of anilines is 1. The lowest BCUT2D eigenvalue weighted by Gasteiger charge is -2.19. The van der Waals surface area contributed by atoms with Crippen molar-refractivity contribution in [1.82, 2.24) is 4.90 Å². The van der Waals surface area contributed by atoms with Crippen molar-refractivity contribution < 1.29 is 23.1 Å². The number of carbonyl (C=O) groups excluding carboxylic acids is 1. The average molecular weight is 290 g/mol. The number of halogens is 3. The Balaban J connectivity index is 2.68. The van der Waals surface area contributed by atoms with Crippen LogP contribution >= 0.6 is 0 Å². The molecule has 0 saturated heterocycles. The van der Waals surface area contributed by atoms with Crippen LogP contribution in [0.25, 0.3) is 0 Å². The summed E-state index contributed by atoms with van der Waals surface area (Å²) < 4.78 is 39.1. The van der Waals surface area contributed by atoms with E-state index in [0.29, 0.717) is 13.1 Å². The van der Waals surface area contributed by atoms with E-state index in [-0.39, 0.29) is 13.2 Å². The van der Waals surface area contributed by atoms with E-state index in [0.717, 1.165) is 18.6 Å². The topological polar surface area (TPSA) is 52.6 Å². The summed E-state index contributed by atoms with van der Waals surface area (Å²) >= 11 is 0. The van der Waals surface area contributed by atoms with E-state index in [1.54, 1.807) is 4.90 Å². The van der Waals surface area contributed by atoms with Crippen molar-refractivity contribution in [2.75, 3.05) is 31.6 Å². The Morgan fingerprint density at radius 2 is 1.95 bits per heavy atom. The zero-order valence-corrected chi connectivity index (χ0v) is 11.1. The lowest BCUT2D eigenvalue weighted by molar-refractivity contribution is -0.117. The van der Waals surface area contributed by atoms with Crippen LogP contribution in [0.5, 0.6) is 0 Å². The summed E-state index contributed by atoms with van der Waals surface area (Å²) in [6.07, 6.45) is 0.785. The second kappa shape index (κ2) is 7.86. The number of aliphatic hydroxyl groups is 1. The van der Waals surface area contributed by atoms with Gasteiger partial charge in [0.25, 0.3) is 0 Å². The number of hydrogen-bond donors (Lipinski definition) is 2. The van der Waals surface area contributed by atoms with Gasteiger partial charge in [-0.15, -0.1) is 0 Å². The molecule has 1 amide bonds. The van der Waals surface area contributed by atoms with Crippen LogP contribution in [0.3, 0.4) is 0 Å². The highest BCUT2D eigenvalue weighted by Gasteiger charge is 2.16. The predicted molar refractivity (Wildman–Crippen MR) is 68.8 cm³/mol. The molecule has 0 atom stereocenters. The van der Waals surface area contributed by atoms with Gasteiger partial charge in [0.05, 0.1) is 18.8 Å². The Labute approximate surface area is 115 Å². The van der Waals surface area contributed by atoms with Crippen molar-refractivity contribution >= 4 is 11.6 Å². The fourth-order valence-corrected chi connectivity index (χ4v) is 1.74. The van der Waals surface area contributed by atoms with Gasteiger partial charge in [0.15, 0.2) is 17.5 Å². The van der Waals surface area contributed by atoms with E-state index in [1.165, 1.54) is 0 Å². The molecule has 0 unspecified atom stereocenters. The highest BCUT2D eigenvalue weighted by molar-refractivity contribution is 5.92. The molecule has 4 nitrogen and oxygen atoms in total. The average Bonchev–Trinajstić information content (AvgIpc) is 2.40. The maximum atomic E-state index is 13.4. The Hall–Kier alpha value is -1.60. The molecule has 20 heavy (non-hydrogen) atoms. The third-order valence-electron chi connectivity index (χ3n) is 2.63. The van der Waals surface area contributed by atoms with Crippen LogP contribution < -0.4 is 5.32 Å². The smallest absolute Gasteiger partial charge is 0.238 e. The molecule has 2 N–H and O–H groups in total. The third-order valence-corrected chi connectivity index (χ3v) is 2.63. The Morgan fingerprint density at radius 3 is 2.55 bits per heavy atom. The molecule has 112 valence electrons. The van der Waals surface area contributed by atoms with Crippen LogP contribution in [0, 0.1) is 17.5 Å². The van der Waals surface area contributed by atoms with E-state index in [2.05, 4.69) is 5.32 Å². The van der Waals surface area contributed by atoms with Gasteiger partial charge < -0.3 is 10.4 Å². The maximum Gasteiger partial charge on any atom is 0.238 e. The number of benzene rings is 1. The number of nitrogens with one attached hydrogen (secondary N) is 1. The van der Waals surface area contributed by atoms with E-state index in [4.69, 9.17) is 5.11 Å². The SMILES string of the molecule is CCCN(CCO)CC(=O)Nc1ccc(F)c(F)c1F. The van der Waals surface area contributed by atoms with Crippen LogP contribution in [-0.2, 0) is 4.79 Å². The standard InChI is InChI=1S/C13H17F3N2O2/c1-2-5-18(6-7-19)8-11(20)17-10-4-3-9(14)12(15)13(10)16/h3-4,19H,2,5-8H2,1H3,(H,17,20). The molecule has 1 aromatic carbocycles. The fourth-order valence-electron chi connectivity index (χ4n) is 1.74. The van der Waals surface area contributed by atoms with Crippen molar-refractivity contribution in [1.29, 1.82) is 0 Å². The lowest BCUT2D eigenvalue weighted by atomic mass is 10.2. The summed E-state index contributed by atoms with van der Waals surface area (Å²) in [5, 5.41) is 11.0. The van der Waals surface area contributed by atoms with Gasteiger partial charge in [-0.05, 0) is 25.1 Å². The predicted octanol–water partition coefficient (Wildman–Crippen LogP) is 1.75. The first-order valence-corrected chi connectivity index (χ1v) is 6.26. The largest absolute Gasteiger partial charge is 0.395 e. The molecule has 1 aromatic rings. The number of rotatable bonds is 7. The van der Waals surface area contributed by atoms with Crippen LogP contribution in [0.1, 0.15) is 13.3 Å². The summed E-state index contributed by atoms with van der Waals surface area (Å²) in [5.74, 6) is -4.92. The molecule has 0 aromatic heterocycles. The second-order valence-electron chi connectivity index (χ2n) is 4.27. The van der Waals surface area contributed by atoms with Gasteiger partial charge in [-0.1, -0.05) is 6.92 Å². The quantitative estimate of drug-likeness (QED) is 0.752. The van der Waals surface area contributed by atoms with Gasteiger partial charge in [-0.2, -0.15) is 0 Å². The van der Waals surface area contributed by atoms with Gasteiger partial charge in [-0.3, -0.25) is 9.69 Å². The third kappa shape index (κ3) is 4.50. The van der Waals surface area contributed by atoms with Gasteiger partial charge >= 0.3 is 0 Å². The number of carbonyl (C=O) groups is 1. The molecule has 0 spiro atoms.